The topological polar surface area (TPSA) is 73.6 Å². The Morgan fingerprint density at radius 2 is 1.68 bits per heavy atom. The first kappa shape index (κ1) is 21.3. The van der Waals surface area contributed by atoms with Gasteiger partial charge in [0.05, 0.1) is 7.11 Å². The molecule has 0 aliphatic rings. The lowest BCUT2D eigenvalue weighted by Gasteiger charge is -2.09. The molecule has 0 unspecified atom stereocenters. The van der Waals surface area contributed by atoms with Crippen molar-refractivity contribution in [2.45, 2.75) is 6.61 Å². The molecule has 0 aliphatic carbocycles. The van der Waals surface area contributed by atoms with Gasteiger partial charge in [-0.25, -0.2) is 4.98 Å². The normalized spacial score (nSPS) is 10.7. The third-order valence-corrected chi connectivity index (χ3v) is 5.33. The van der Waals surface area contributed by atoms with E-state index in [9.17, 15) is 4.79 Å². The number of nitrogens with one attached hydrogen (secondary N) is 1. The van der Waals surface area contributed by atoms with Gasteiger partial charge >= 0.3 is 0 Å². The van der Waals surface area contributed by atoms with Gasteiger partial charge in [-0.2, -0.15) is 0 Å². The Kier molecular flexibility index (Phi) is 5.95. The average Bonchev–Trinajstić information content (AvgIpc) is 3.32. The van der Waals surface area contributed by atoms with Crippen LogP contribution in [0.1, 0.15) is 15.9 Å². The molecule has 6 heteroatoms. The molecule has 0 saturated carbocycles. The number of hydrogen-bond acceptors (Lipinski definition) is 5. The van der Waals surface area contributed by atoms with Crippen molar-refractivity contribution in [1.82, 2.24) is 4.98 Å². The second kappa shape index (κ2) is 9.50. The van der Waals surface area contributed by atoms with Gasteiger partial charge < -0.3 is 19.2 Å². The number of amides is 1. The first-order valence-electron chi connectivity index (χ1n) is 10.8. The molecule has 0 saturated heterocycles. The molecule has 1 aromatic heterocycles. The fraction of sp³-hybridized carbons (Fsp3) is 0.0714. The highest BCUT2D eigenvalue weighted by atomic mass is 16.5. The number of carbonyl (C=O) groups is 1. The molecule has 4 aromatic carbocycles. The van der Waals surface area contributed by atoms with Gasteiger partial charge in [-0.3, -0.25) is 4.79 Å². The summed E-state index contributed by atoms with van der Waals surface area (Å²) < 4.78 is 16.9. The van der Waals surface area contributed by atoms with E-state index in [1.807, 2.05) is 72.8 Å². The fourth-order valence-corrected chi connectivity index (χ4v) is 3.53. The summed E-state index contributed by atoms with van der Waals surface area (Å²) in [5.74, 6) is 1.67. The second-order valence-corrected chi connectivity index (χ2v) is 7.69. The number of fused-ring (bicyclic) bond motifs is 1. The Hall–Kier alpha value is -4.58. The predicted molar refractivity (Wildman–Crippen MR) is 131 cm³/mol. The fourth-order valence-electron chi connectivity index (χ4n) is 3.53. The van der Waals surface area contributed by atoms with E-state index in [4.69, 9.17) is 13.9 Å². The number of anilines is 1. The summed E-state index contributed by atoms with van der Waals surface area (Å²) in [5.41, 5.74) is 4.40. The molecule has 34 heavy (non-hydrogen) atoms. The van der Waals surface area contributed by atoms with Gasteiger partial charge in [0, 0.05) is 22.9 Å². The first-order chi connectivity index (χ1) is 16.7. The van der Waals surface area contributed by atoms with Crippen LogP contribution < -0.4 is 14.8 Å². The predicted octanol–water partition coefficient (Wildman–Crippen LogP) is 6.33. The SMILES string of the molecule is COc1ccc2oc(-c3cccc(NC(=O)c4ccc(OCc5ccccc5)cc4)c3)nc2c1. The van der Waals surface area contributed by atoms with E-state index in [1.54, 1.807) is 31.4 Å². The zero-order valence-corrected chi connectivity index (χ0v) is 18.5. The lowest BCUT2D eigenvalue weighted by molar-refractivity contribution is 0.102. The lowest BCUT2D eigenvalue weighted by Crippen LogP contribution is -2.11. The zero-order chi connectivity index (χ0) is 23.3. The van der Waals surface area contributed by atoms with Crippen LogP contribution in [0.15, 0.2) is 101 Å². The summed E-state index contributed by atoms with van der Waals surface area (Å²) >= 11 is 0. The molecular weight excluding hydrogens is 428 g/mol. The molecule has 0 radical (unpaired) electrons. The monoisotopic (exact) mass is 450 g/mol. The highest BCUT2D eigenvalue weighted by Crippen LogP contribution is 2.28. The van der Waals surface area contributed by atoms with Crippen LogP contribution in [0.2, 0.25) is 0 Å². The number of ether oxygens (including phenoxy) is 2. The van der Waals surface area contributed by atoms with Crippen molar-refractivity contribution in [1.29, 1.82) is 0 Å². The Labute approximate surface area is 196 Å². The van der Waals surface area contributed by atoms with Gasteiger partial charge in [0.2, 0.25) is 5.89 Å². The summed E-state index contributed by atoms with van der Waals surface area (Å²) in [6, 6.07) is 29.9. The molecule has 0 fully saturated rings. The smallest absolute Gasteiger partial charge is 0.255 e. The number of methoxy groups -OCH3 is 1. The molecule has 0 atom stereocenters. The van der Waals surface area contributed by atoms with Crippen molar-refractivity contribution in [3.8, 4) is 23.0 Å². The quantitative estimate of drug-likeness (QED) is 0.313. The maximum atomic E-state index is 12.8. The van der Waals surface area contributed by atoms with Crippen molar-refractivity contribution in [3.63, 3.8) is 0 Å². The number of oxazole rings is 1. The molecule has 1 amide bonds. The van der Waals surface area contributed by atoms with Gasteiger partial charge in [-0.1, -0.05) is 36.4 Å². The highest BCUT2D eigenvalue weighted by Gasteiger charge is 2.12. The Bertz CT molecular complexity index is 1430. The van der Waals surface area contributed by atoms with Crippen LogP contribution in [-0.2, 0) is 6.61 Å². The largest absolute Gasteiger partial charge is 0.497 e. The van der Waals surface area contributed by atoms with Crippen molar-refractivity contribution >= 4 is 22.7 Å². The minimum absolute atomic E-state index is 0.214. The minimum atomic E-state index is -0.214. The van der Waals surface area contributed by atoms with E-state index in [0.29, 0.717) is 46.3 Å². The van der Waals surface area contributed by atoms with Crippen molar-refractivity contribution in [2.75, 3.05) is 12.4 Å². The first-order valence-corrected chi connectivity index (χ1v) is 10.8. The Morgan fingerprint density at radius 1 is 0.882 bits per heavy atom. The third-order valence-electron chi connectivity index (χ3n) is 5.33. The van der Waals surface area contributed by atoms with E-state index in [0.717, 1.165) is 11.1 Å². The van der Waals surface area contributed by atoms with Gasteiger partial charge in [0.1, 0.15) is 23.6 Å². The highest BCUT2D eigenvalue weighted by molar-refractivity contribution is 6.04. The summed E-state index contributed by atoms with van der Waals surface area (Å²) in [4.78, 5) is 17.3. The molecule has 1 N–H and O–H groups in total. The molecule has 5 rings (SSSR count). The van der Waals surface area contributed by atoms with Crippen LogP contribution >= 0.6 is 0 Å². The molecule has 6 nitrogen and oxygen atoms in total. The summed E-state index contributed by atoms with van der Waals surface area (Å²) in [6.07, 6.45) is 0. The van der Waals surface area contributed by atoms with Crippen LogP contribution in [0, 0.1) is 0 Å². The van der Waals surface area contributed by atoms with E-state index in [2.05, 4.69) is 10.3 Å². The van der Waals surface area contributed by atoms with Crippen LogP contribution in [-0.4, -0.2) is 18.0 Å². The number of carbonyl (C=O) groups excluding carboxylic acids is 1. The number of benzene rings is 4. The number of rotatable bonds is 7. The molecule has 0 spiro atoms. The number of hydrogen-bond donors (Lipinski definition) is 1. The van der Waals surface area contributed by atoms with Gasteiger partial charge in [-0.15, -0.1) is 0 Å². The van der Waals surface area contributed by atoms with Gasteiger partial charge in [0.15, 0.2) is 5.58 Å². The summed E-state index contributed by atoms with van der Waals surface area (Å²) in [6.45, 7) is 0.474. The van der Waals surface area contributed by atoms with E-state index in [1.165, 1.54) is 0 Å². The van der Waals surface area contributed by atoms with Crippen LogP contribution in [0.3, 0.4) is 0 Å². The maximum Gasteiger partial charge on any atom is 0.255 e. The number of aromatic nitrogens is 1. The second-order valence-electron chi connectivity index (χ2n) is 7.69. The van der Waals surface area contributed by atoms with Crippen molar-refractivity contribution in [3.05, 3.63) is 108 Å². The molecule has 1 heterocycles. The number of nitrogens with zero attached hydrogens (tertiary/aromatic N) is 1. The van der Waals surface area contributed by atoms with Crippen molar-refractivity contribution in [2.24, 2.45) is 0 Å². The minimum Gasteiger partial charge on any atom is -0.497 e. The Balaban J connectivity index is 1.26. The molecule has 168 valence electrons. The lowest BCUT2D eigenvalue weighted by atomic mass is 10.1. The zero-order valence-electron chi connectivity index (χ0n) is 18.5. The van der Waals surface area contributed by atoms with Crippen LogP contribution in [0.5, 0.6) is 11.5 Å². The van der Waals surface area contributed by atoms with Crippen LogP contribution in [0.4, 0.5) is 5.69 Å². The average molecular weight is 450 g/mol. The molecule has 0 bridgehead atoms. The Morgan fingerprint density at radius 3 is 2.47 bits per heavy atom. The van der Waals surface area contributed by atoms with E-state index >= 15 is 0 Å². The summed E-state index contributed by atoms with van der Waals surface area (Å²) in [5, 5.41) is 2.93. The van der Waals surface area contributed by atoms with Crippen LogP contribution in [0.25, 0.3) is 22.6 Å². The summed E-state index contributed by atoms with van der Waals surface area (Å²) in [7, 11) is 1.61. The standard InChI is InChI=1S/C28H22N2O4/c1-32-24-14-15-26-25(17-24)30-28(34-26)21-8-5-9-22(16-21)29-27(31)20-10-12-23(13-11-20)33-18-19-6-3-2-4-7-19/h2-17H,18H2,1H3,(H,29,31). The molecular formula is C28H22N2O4. The van der Waals surface area contributed by atoms with E-state index < -0.39 is 0 Å². The van der Waals surface area contributed by atoms with Gasteiger partial charge in [0.25, 0.3) is 5.91 Å². The third kappa shape index (κ3) is 4.76. The van der Waals surface area contributed by atoms with Gasteiger partial charge in [-0.05, 0) is 60.2 Å². The molecule has 0 aliphatic heterocycles. The van der Waals surface area contributed by atoms with Crippen molar-refractivity contribution < 1.29 is 18.7 Å². The van der Waals surface area contributed by atoms with E-state index in [-0.39, 0.29) is 5.91 Å². The maximum absolute atomic E-state index is 12.8. The molecule has 5 aromatic rings.